The van der Waals surface area contributed by atoms with Gasteiger partial charge in [0.15, 0.2) is 11.5 Å². The molecule has 9 nitrogen and oxygen atoms in total. The maximum absolute atomic E-state index is 12.2. The molecule has 4 rings (SSSR count). The van der Waals surface area contributed by atoms with Crippen molar-refractivity contribution in [3.8, 4) is 11.5 Å². The molecule has 0 atom stereocenters. The number of hydrogen-bond donors (Lipinski definition) is 2. The molecule has 0 saturated carbocycles. The van der Waals surface area contributed by atoms with Crippen molar-refractivity contribution >= 4 is 62.0 Å². The molecular weight excluding hydrogens is 510 g/mol. The minimum atomic E-state index is -0.375. The van der Waals surface area contributed by atoms with Gasteiger partial charge in [-0.3, -0.25) is 14.9 Å². The second-order valence-corrected chi connectivity index (χ2v) is 8.51. The van der Waals surface area contributed by atoms with Crippen LogP contribution in [0, 0.1) is 0 Å². The van der Waals surface area contributed by atoms with Gasteiger partial charge in [-0.1, -0.05) is 22.9 Å². The van der Waals surface area contributed by atoms with Gasteiger partial charge in [-0.05, 0) is 52.3 Å². The highest BCUT2D eigenvalue weighted by Gasteiger charge is 2.16. The molecule has 158 valence electrons. The van der Waals surface area contributed by atoms with E-state index in [1.54, 1.807) is 36.4 Å². The molecule has 1 aromatic heterocycles. The Hall–Kier alpha value is -3.02. The fourth-order valence-corrected chi connectivity index (χ4v) is 3.81. The summed E-state index contributed by atoms with van der Waals surface area (Å²) in [6, 6.07) is 9.96. The lowest BCUT2D eigenvalue weighted by Gasteiger charge is -2.02. The molecule has 2 heterocycles. The van der Waals surface area contributed by atoms with Crippen LogP contribution in [0.3, 0.4) is 0 Å². The number of amides is 2. The van der Waals surface area contributed by atoms with Crippen LogP contribution in [0.5, 0.6) is 11.5 Å². The largest absolute Gasteiger partial charge is 0.454 e. The van der Waals surface area contributed by atoms with Crippen LogP contribution in [0.4, 0.5) is 5.13 Å². The van der Waals surface area contributed by atoms with Gasteiger partial charge in [0, 0.05) is 20.6 Å². The normalized spacial score (nSPS) is 12.2. The third-order valence-corrected chi connectivity index (χ3v) is 5.77. The number of anilines is 1. The number of ether oxygens (including phenoxy) is 2. The van der Waals surface area contributed by atoms with Crippen molar-refractivity contribution in [3.05, 3.63) is 62.0 Å². The number of rotatable bonds is 6. The Morgan fingerprint density at radius 2 is 1.94 bits per heavy atom. The van der Waals surface area contributed by atoms with Gasteiger partial charge in [0.1, 0.15) is 5.01 Å². The first kappa shape index (κ1) is 21.2. The molecule has 0 saturated heterocycles. The number of carbonyl (C=O) groups excluding carboxylic acids is 2. The predicted octanol–water partition coefficient (Wildman–Crippen LogP) is 3.63. The average molecular weight is 523 g/mol. The zero-order valence-electron chi connectivity index (χ0n) is 15.6. The van der Waals surface area contributed by atoms with E-state index < -0.39 is 0 Å². The van der Waals surface area contributed by atoms with Crippen LogP contribution in [-0.4, -0.2) is 35.0 Å². The number of carbonyl (C=O) groups is 2. The van der Waals surface area contributed by atoms with Gasteiger partial charge in [-0.2, -0.15) is 5.10 Å². The van der Waals surface area contributed by atoms with Gasteiger partial charge in [-0.25, -0.2) is 5.43 Å². The zero-order chi connectivity index (χ0) is 21.8. The first-order chi connectivity index (χ1) is 15.0. The van der Waals surface area contributed by atoms with Gasteiger partial charge in [-0.15, -0.1) is 10.2 Å². The van der Waals surface area contributed by atoms with E-state index in [-0.39, 0.29) is 30.2 Å². The number of nitrogens with zero attached hydrogens (tertiary/aromatic N) is 3. The van der Waals surface area contributed by atoms with Crippen molar-refractivity contribution in [2.75, 3.05) is 12.1 Å². The summed E-state index contributed by atoms with van der Waals surface area (Å²) >= 11 is 10.3. The number of hydrogen-bond acceptors (Lipinski definition) is 8. The summed E-state index contributed by atoms with van der Waals surface area (Å²) in [6.07, 6.45) is 1.45. The van der Waals surface area contributed by atoms with Crippen LogP contribution >= 0.6 is 38.9 Å². The van der Waals surface area contributed by atoms with Crippen molar-refractivity contribution in [2.24, 2.45) is 5.10 Å². The Morgan fingerprint density at radius 1 is 1.19 bits per heavy atom. The van der Waals surface area contributed by atoms with Crippen LogP contribution in [0.15, 0.2) is 46.0 Å². The fourth-order valence-electron chi connectivity index (χ4n) is 2.53. The van der Waals surface area contributed by atoms with Crippen LogP contribution in [-0.2, 0) is 11.2 Å². The van der Waals surface area contributed by atoms with E-state index in [4.69, 9.17) is 21.1 Å². The summed E-state index contributed by atoms with van der Waals surface area (Å²) in [7, 11) is 0. The van der Waals surface area contributed by atoms with E-state index >= 15 is 0 Å². The summed E-state index contributed by atoms with van der Waals surface area (Å²) in [6.45, 7) is 0.170. The highest BCUT2D eigenvalue weighted by atomic mass is 79.9. The van der Waals surface area contributed by atoms with Crippen molar-refractivity contribution in [1.82, 2.24) is 15.6 Å². The van der Waals surface area contributed by atoms with Crippen molar-refractivity contribution in [2.45, 2.75) is 6.42 Å². The smallest absolute Gasteiger partial charge is 0.257 e. The number of halogens is 2. The number of hydrazone groups is 1. The topological polar surface area (TPSA) is 115 Å². The van der Waals surface area contributed by atoms with E-state index in [2.05, 4.69) is 42.0 Å². The summed E-state index contributed by atoms with van der Waals surface area (Å²) < 4.78 is 11.4. The quantitative estimate of drug-likeness (QED) is 0.377. The number of fused-ring (bicyclic) bond motifs is 1. The molecule has 3 aromatic rings. The predicted molar refractivity (Wildman–Crippen MR) is 119 cm³/mol. The van der Waals surface area contributed by atoms with Gasteiger partial charge in [0.25, 0.3) is 5.91 Å². The third-order valence-electron chi connectivity index (χ3n) is 3.99. The second kappa shape index (κ2) is 9.41. The Labute approximate surface area is 193 Å². The molecule has 2 amide bonds. The molecule has 0 aliphatic carbocycles. The fraction of sp³-hybridized carbons (Fsp3) is 0.105. The van der Waals surface area contributed by atoms with Crippen LogP contribution < -0.4 is 20.2 Å². The zero-order valence-corrected chi connectivity index (χ0v) is 18.8. The standard InChI is InChI=1S/C19H13BrClN5O4S/c20-13-6-15-14(29-9-30-15)5-11(13)8-22-24-16(27)7-17-25-26-19(31-17)23-18(28)10-1-3-12(21)4-2-10/h1-6,8H,7,9H2,(H,24,27)(H,23,26,28)/b22-8-. The maximum atomic E-state index is 12.2. The third kappa shape index (κ3) is 5.37. The van der Waals surface area contributed by atoms with Crippen molar-refractivity contribution in [1.29, 1.82) is 0 Å². The molecule has 0 fully saturated rings. The minimum Gasteiger partial charge on any atom is -0.454 e. The Bertz CT molecular complexity index is 1170. The first-order valence-corrected chi connectivity index (χ1v) is 10.8. The van der Waals surface area contributed by atoms with Crippen LogP contribution in [0.1, 0.15) is 20.9 Å². The van der Waals surface area contributed by atoms with Gasteiger partial charge >= 0.3 is 0 Å². The molecule has 0 spiro atoms. The molecule has 1 aliphatic rings. The SMILES string of the molecule is O=C(Cc1nnc(NC(=O)c2ccc(Cl)cc2)s1)N/N=C\c1cc2c(cc1Br)OCO2. The van der Waals surface area contributed by atoms with E-state index in [1.165, 1.54) is 6.21 Å². The molecule has 31 heavy (non-hydrogen) atoms. The Morgan fingerprint density at radius 3 is 2.71 bits per heavy atom. The summed E-state index contributed by atoms with van der Waals surface area (Å²) in [5, 5.41) is 15.6. The number of nitrogens with one attached hydrogen (secondary N) is 2. The van der Waals surface area contributed by atoms with Gasteiger partial charge in [0.05, 0.1) is 12.6 Å². The molecule has 12 heteroatoms. The molecule has 2 N–H and O–H groups in total. The molecule has 0 unspecified atom stereocenters. The summed E-state index contributed by atoms with van der Waals surface area (Å²) in [5.41, 5.74) is 3.58. The molecule has 1 aliphatic heterocycles. The van der Waals surface area contributed by atoms with Crippen molar-refractivity contribution < 1.29 is 19.1 Å². The van der Waals surface area contributed by atoms with Crippen LogP contribution in [0.25, 0.3) is 0 Å². The molecule has 2 aromatic carbocycles. The second-order valence-electron chi connectivity index (χ2n) is 6.16. The molecule has 0 bridgehead atoms. The maximum Gasteiger partial charge on any atom is 0.257 e. The molecular formula is C19H13BrClN5O4S. The van der Waals surface area contributed by atoms with Crippen LogP contribution in [0.2, 0.25) is 5.02 Å². The van der Waals surface area contributed by atoms with Crippen molar-refractivity contribution in [3.63, 3.8) is 0 Å². The van der Waals surface area contributed by atoms with E-state index in [0.717, 1.165) is 15.8 Å². The molecule has 0 radical (unpaired) electrons. The van der Waals surface area contributed by atoms with E-state index in [0.29, 0.717) is 32.7 Å². The monoisotopic (exact) mass is 521 g/mol. The summed E-state index contributed by atoms with van der Waals surface area (Å²) in [5.74, 6) is 0.531. The Balaban J connectivity index is 1.30. The lowest BCUT2D eigenvalue weighted by molar-refractivity contribution is -0.120. The minimum absolute atomic E-state index is 0.0336. The lowest BCUT2D eigenvalue weighted by Crippen LogP contribution is -2.19. The summed E-state index contributed by atoms with van der Waals surface area (Å²) in [4.78, 5) is 24.3. The van der Waals surface area contributed by atoms with E-state index in [1.807, 2.05) is 0 Å². The highest BCUT2D eigenvalue weighted by molar-refractivity contribution is 9.10. The average Bonchev–Trinajstić information content (AvgIpc) is 3.37. The highest BCUT2D eigenvalue weighted by Crippen LogP contribution is 2.36. The lowest BCUT2D eigenvalue weighted by atomic mass is 10.2. The first-order valence-electron chi connectivity index (χ1n) is 8.78. The Kier molecular flexibility index (Phi) is 6.44. The van der Waals surface area contributed by atoms with E-state index in [9.17, 15) is 9.59 Å². The number of benzene rings is 2. The number of aromatic nitrogens is 2. The van der Waals surface area contributed by atoms with Gasteiger partial charge in [0.2, 0.25) is 17.8 Å². The van der Waals surface area contributed by atoms with Gasteiger partial charge < -0.3 is 9.47 Å².